The van der Waals surface area contributed by atoms with E-state index in [1.807, 2.05) is 43.8 Å². The van der Waals surface area contributed by atoms with Crippen LogP contribution in [-0.2, 0) is 5.75 Å². The number of benzene rings is 1. The molecule has 8 rings (SSSR count). The van der Waals surface area contributed by atoms with Crippen LogP contribution in [0.1, 0.15) is 61.5 Å². The number of pyridine rings is 1. The number of nitrogen functional groups attached to an aromatic ring is 4. The third-order valence-corrected chi connectivity index (χ3v) is 14.9. The lowest BCUT2D eigenvalue weighted by atomic mass is 10.2. The summed E-state index contributed by atoms with van der Waals surface area (Å²) in [5.74, 6) is 5.07. The lowest BCUT2D eigenvalue weighted by molar-refractivity contribution is 0.133. The van der Waals surface area contributed by atoms with E-state index in [4.69, 9.17) is 42.1 Å². The molecule has 1 atom stereocenters. The van der Waals surface area contributed by atoms with E-state index < -0.39 is 0 Å². The first-order valence-electron chi connectivity index (χ1n) is 22.7. The van der Waals surface area contributed by atoms with Gasteiger partial charge in [0.1, 0.15) is 46.9 Å². The standard InChI is InChI=1S/C25H37N7O2S2.C19H23N7OS2.C2H6/c1-4-5-21-18(16-35-25-29-22(26)15-23(27)30-25)28-24(36-21)17-6-7-19(33-3)20(14-17)34-13-12-32-10-8-31(2)9-11-32;1-12-14(11-28-19-24-15(20)10-16(21)25-19)23-18(29-12)13-3-4-22-17(9-13)27-8-7-26-5-2-6-26;1-2/h6-7,14-15,24,28H,4-5,8-13,16H2,1-3H3,(H4,26,27,29,30);3-4,9-10H,2,5-8,11H2,1H3,(H4,20,21,24,25);1-2H3. The molecule has 17 nitrogen and oxygen atoms in total. The molecule has 3 aliphatic heterocycles. The number of likely N-dealkylation sites (tertiary alicyclic amines) is 1. The highest BCUT2D eigenvalue weighted by molar-refractivity contribution is 8.03. The number of likely N-dealkylation sites (N-methyl/N-ethyl adjacent to an activating group) is 1. The third-order valence-electron chi connectivity index (χ3n) is 10.8. The van der Waals surface area contributed by atoms with E-state index >= 15 is 0 Å². The van der Waals surface area contributed by atoms with E-state index in [9.17, 15) is 0 Å². The molecule has 3 aliphatic rings. The van der Waals surface area contributed by atoms with Gasteiger partial charge in [0.05, 0.1) is 12.8 Å². The first-order chi connectivity index (χ1) is 32.5. The van der Waals surface area contributed by atoms with Crippen LogP contribution in [0.5, 0.6) is 17.4 Å². The Labute approximate surface area is 412 Å². The summed E-state index contributed by atoms with van der Waals surface area (Å²) in [6, 6.07) is 13.2. The molecule has 2 fully saturated rings. The molecule has 2 saturated heterocycles. The number of nitrogens with zero attached hydrogens (tertiary/aromatic N) is 9. The molecule has 0 aliphatic carbocycles. The summed E-state index contributed by atoms with van der Waals surface area (Å²) in [5, 5.41) is 5.91. The summed E-state index contributed by atoms with van der Waals surface area (Å²) < 4.78 is 17.6. The number of nitrogens with two attached hydrogens (primary N) is 4. The highest BCUT2D eigenvalue weighted by Crippen LogP contribution is 2.45. The van der Waals surface area contributed by atoms with Crippen molar-refractivity contribution in [3.8, 4) is 28.0 Å². The van der Waals surface area contributed by atoms with Gasteiger partial charge in [-0.25, -0.2) is 29.9 Å². The fourth-order valence-corrected chi connectivity index (χ4v) is 11.3. The van der Waals surface area contributed by atoms with Crippen molar-refractivity contribution in [1.29, 1.82) is 0 Å². The Morgan fingerprint density at radius 2 is 1.39 bits per heavy atom. The summed E-state index contributed by atoms with van der Waals surface area (Å²) >= 11 is 6.52. The molecule has 1 aromatic carbocycles. The van der Waals surface area contributed by atoms with Crippen molar-refractivity contribution in [3.05, 3.63) is 75.4 Å². The number of ether oxygens (including phenoxy) is 3. The molecule has 5 aromatic rings. The number of hydrogen-bond acceptors (Lipinski definition) is 21. The maximum Gasteiger partial charge on any atom is 0.213 e. The molecule has 0 amide bonds. The van der Waals surface area contributed by atoms with Crippen molar-refractivity contribution in [3.63, 3.8) is 0 Å². The van der Waals surface area contributed by atoms with Gasteiger partial charge in [-0.3, -0.25) is 9.80 Å². The van der Waals surface area contributed by atoms with Crippen molar-refractivity contribution in [2.45, 2.75) is 68.4 Å². The first kappa shape index (κ1) is 51.6. The number of aromatic nitrogens is 6. The van der Waals surface area contributed by atoms with Crippen LogP contribution in [0, 0.1) is 6.92 Å². The highest BCUT2D eigenvalue weighted by Gasteiger charge is 2.27. The fraction of sp³-hybridized carbons (Fsp3) is 0.478. The molecule has 7 heterocycles. The quantitative estimate of drug-likeness (QED) is 0.0404. The van der Waals surface area contributed by atoms with Gasteiger partial charge in [-0.05, 0) is 63.7 Å². The molecule has 4 aromatic heterocycles. The second-order valence-corrected chi connectivity index (χ2v) is 20.0. The number of hydrogen-bond donors (Lipinski definition) is 5. The predicted molar refractivity (Wildman–Crippen MR) is 278 cm³/mol. The lowest BCUT2D eigenvalue weighted by Gasteiger charge is -2.32. The number of nitrogens with one attached hydrogen (secondary N) is 1. The fourth-order valence-electron chi connectivity index (χ4n) is 7.03. The number of anilines is 4. The average molecular weight is 991 g/mol. The lowest BCUT2D eigenvalue weighted by Crippen LogP contribution is -2.45. The summed E-state index contributed by atoms with van der Waals surface area (Å²) in [6.07, 6.45) is 5.15. The number of piperazine rings is 1. The summed E-state index contributed by atoms with van der Waals surface area (Å²) in [4.78, 5) is 35.8. The first-order valence-corrected chi connectivity index (χ1v) is 26.4. The summed E-state index contributed by atoms with van der Waals surface area (Å²) in [7, 11) is 3.86. The van der Waals surface area contributed by atoms with Gasteiger partial charge in [-0.1, -0.05) is 68.5 Å². The number of methoxy groups -OCH3 is 1. The van der Waals surface area contributed by atoms with Gasteiger partial charge in [0, 0.05) is 96.2 Å². The Balaban J connectivity index is 0.000000218. The van der Waals surface area contributed by atoms with Crippen LogP contribution >= 0.6 is 46.6 Å². The molecular weight excluding hydrogens is 925 g/mol. The van der Waals surface area contributed by atoms with Gasteiger partial charge < -0.3 is 47.4 Å². The van der Waals surface area contributed by atoms with Crippen molar-refractivity contribution < 1.29 is 14.2 Å². The van der Waals surface area contributed by atoms with Crippen molar-refractivity contribution >= 4 is 69.9 Å². The Bertz CT molecular complexity index is 2340. The maximum atomic E-state index is 6.21. The van der Waals surface area contributed by atoms with Gasteiger partial charge in [0.15, 0.2) is 21.8 Å². The predicted octanol–water partition coefficient (Wildman–Crippen LogP) is 7.29. The highest BCUT2D eigenvalue weighted by atomic mass is 32.2. The minimum absolute atomic E-state index is 0.111. The van der Waals surface area contributed by atoms with E-state index in [0.29, 0.717) is 58.4 Å². The van der Waals surface area contributed by atoms with Gasteiger partial charge in [0.25, 0.3) is 0 Å². The summed E-state index contributed by atoms with van der Waals surface area (Å²) in [5.41, 5.74) is 27.5. The Kier molecular flexibility index (Phi) is 20.1. The Morgan fingerprint density at radius 1 is 0.761 bits per heavy atom. The number of thioether (sulfide) groups is 3. The Morgan fingerprint density at radius 3 is 2.00 bits per heavy atom. The van der Waals surface area contributed by atoms with Crippen LogP contribution < -0.4 is 42.5 Å². The molecule has 0 bridgehead atoms. The molecule has 0 spiro atoms. The monoisotopic (exact) mass is 990 g/mol. The molecule has 21 heteroatoms. The summed E-state index contributed by atoms with van der Waals surface area (Å²) in [6.45, 7) is 18.1. The smallest absolute Gasteiger partial charge is 0.213 e. The zero-order valence-corrected chi connectivity index (χ0v) is 42.8. The van der Waals surface area contributed by atoms with Gasteiger partial charge in [-0.15, -0.1) is 11.3 Å². The SMILES string of the molecule is CC.CCCC1=C(CSc2nc(N)cc(N)n2)NC(c2ccc(OC)c(OCCN3CCN(C)CC3)c2)S1.Cc1sc(-c2ccnc(OCCN3CCC3)c2)nc1CSc1nc(N)cc(N)n1. The minimum Gasteiger partial charge on any atom is -0.493 e. The molecule has 9 N–H and O–H groups in total. The van der Waals surface area contributed by atoms with E-state index in [2.05, 4.69) is 78.0 Å². The van der Waals surface area contributed by atoms with Gasteiger partial charge >= 0.3 is 0 Å². The van der Waals surface area contributed by atoms with E-state index in [0.717, 1.165) is 96.1 Å². The number of aryl methyl sites for hydroxylation is 1. The van der Waals surface area contributed by atoms with Gasteiger partial charge in [-0.2, -0.15) is 0 Å². The van der Waals surface area contributed by atoms with Crippen LogP contribution in [0.3, 0.4) is 0 Å². The van der Waals surface area contributed by atoms with E-state index in [1.165, 1.54) is 53.6 Å². The van der Waals surface area contributed by atoms with Crippen molar-refractivity contribution in [2.24, 2.45) is 0 Å². The van der Waals surface area contributed by atoms with Crippen LogP contribution in [0.2, 0.25) is 0 Å². The van der Waals surface area contributed by atoms with Crippen LogP contribution in [0.25, 0.3) is 10.6 Å². The third kappa shape index (κ3) is 15.6. The number of rotatable bonds is 19. The van der Waals surface area contributed by atoms with Gasteiger partial charge in [0.2, 0.25) is 5.88 Å². The molecule has 362 valence electrons. The van der Waals surface area contributed by atoms with Crippen LogP contribution in [0.15, 0.2) is 69.6 Å². The minimum atomic E-state index is 0.111. The van der Waals surface area contributed by atoms with Crippen molar-refractivity contribution in [1.82, 2.24) is 49.9 Å². The number of thiazole rings is 1. The molecule has 0 saturated carbocycles. The number of allylic oxidation sites excluding steroid dienone is 1. The second kappa shape index (κ2) is 26.1. The van der Waals surface area contributed by atoms with E-state index in [1.54, 1.807) is 36.8 Å². The van der Waals surface area contributed by atoms with Crippen LogP contribution in [0.4, 0.5) is 23.3 Å². The molecular formula is C46H66N14O3S4. The normalized spacial score (nSPS) is 16.3. The second-order valence-electron chi connectivity index (χ2n) is 15.7. The molecule has 0 radical (unpaired) electrons. The molecule has 67 heavy (non-hydrogen) atoms. The largest absolute Gasteiger partial charge is 0.493 e. The average Bonchev–Trinajstić information content (AvgIpc) is 3.89. The van der Waals surface area contributed by atoms with Crippen molar-refractivity contribution in [2.75, 3.05) is 108 Å². The Hall–Kier alpha value is -4.77. The topological polar surface area (TPSA) is 231 Å². The molecule has 1 unspecified atom stereocenters. The maximum absolute atomic E-state index is 6.21. The van der Waals surface area contributed by atoms with Crippen LogP contribution in [-0.4, -0.2) is 130 Å². The zero-order chi connectivity index (χ0) is 47.7. The zero-order valence-electron chi connectivity index (χ0n) is 39.5. The van der Waals surface area contributed by atoms with E-state index in [-0.39, 0.29) is 5.37 Å².